The molecule has 4 nitrogen and oxygen atoms in total. The number of nitrogen functional groups attached to an aromatic ring is 1. The molecule has 0 aliphatic heterocycles. The molecule has 0 fully saturated rings. The first-order chi connectivity index (χ1) is 7.31. The van der Waals surface area contributed by atoms with Crippen LogP contribution in [0.3, 0.4) is 0 Å². The van der Waals surface area contributed by atoms with E-state index in [1.807, 2.05) is 18.2 Å². The number of fused-ring (bicyclic) bond motifs is 1. The molecule has 1 aromatic carbocycles. The third kappa shape index (κ3) is 2.03. The summed E-state index contributed by atoms with van der Waals surface area (Å²) in [5.41, 5.74) is 6.58. The first-order valence-electron chi connectivity index (χ1n) is 5.17. The minimum atomic E-state index is 0.533. The van der Waals surface area contributed by atoms with Crippen molar-refractivity contribution in [2.24, 2.45) is 0 Å². The standard InChI is InChI=1S/C11H15N3O/c1-2-3-6-15-8-4-5-9-10(7-8)13-14-11(9)12/h4-5,7H,2-3,6H2,1H3,(H3,12,13,14). The van der Waals surface area contributed by atoms with Crippen molar-refractivity contribution in [3.8, 4) is 5.75 Å². The lowest BCUT2D eigenvalue weighted by Gasteiger charge is -2.04. The fourth-order valence-electron chi connectivity index (χ4n) is 1.44. The Balaban J connectivity index is 2.16. The summed E-state index contributed by atoms with van der Waals surface area (Å²) in [5.74, 6) is 1.39. The van der Waals surface area contributed by atoms with Crippen LogP contribution in [-0.4, -0.2) is 16.8 Å². The van der Waals surface area contributed by atoms with Crippen LogP contribution >= 0.6 is 0 Å². The van der Waals surface area contributed by atoms with Gasteiger partial charge in [-0.2, -0.15) is 5.10 Å². The van der Waals surface area contributed by atoms with Crippen molar-refractivity contribution in [1.82, 2.24) is 10.2 Å². The van der Waals surface area contributed by atoms with Crippen molar-refractivity contribution in [3.05, 3.63) is 18.2 Å². The summed E-state index contributed by atoms with van der Waals surface area (Å²) in [7, 11) is 0. The molecule has 0 saturated carbocycles. The Hall–Kier alpha value is -1.71. The molecule has 0 spiro atoms. The second-order valence-corrected chi connectivity index (χ2v) is 3.52. The number of benzene rings is 1. The van der Waals surface area contributed by atoms with Crippen molar-refractivity contribution in [3.63, 3.8) is 0 Å². The van der Waals surface area contributed by atoms with Gasteiger partial charge >= 0.3 is 0 Å². The molecule has 0 aliphatic carbocycles. The third-order valence-corrected chi connectivity index (χ3v) is 2.33. The SMILES string of the molecule is CCCCOc1ccc2c(N)n[nH]c2c1. The normalized spacial score (nSPS) is 10.7. The maximum Gasteiger partial charge on any atom is 0.153 e. The second-order valence-electron chi connectivity index (χ2n) is 3.52. The molecule has 0 saturated heterocycles. The lowest BCUT2D eigenvalue weighted by atomic mass is 10.2. The second kappa shape index (κ2) is 4.21. The fourth-order valence-corrected chi connectivity index (χ4v) is 1.44. The predicted octanol–water partition coefficient (Wildman–Crippen LogP) is 2.32. The molecule has 15 heavy (non-hydrogen) atoms. The molecule has 2 aromatic rings. The largest absolute Gasteiger partial charge is 0.494 e. The molecule has 0 amide bonds. The van der Waals surface area contributed by atoms with Crippen LogP contribution in [-0.2, 0) is 0 Å². The zero-order valence-corrected chi connectivity index (χ0v) is 8.79. The molecule has 1 heterocycles. The average molecular weight is 205 g/mol. The molecule has 0 aliphatic rings. The van der Waals surface area contributed by atoms with E-state index in [0.29, 0.717) is 5.82 Å². The summed E-state index contributed by atoms with van der Waals surface area (Å²) in [6.07, 6.45) is 2.21. The van der Waals surface area contributed by atoms with E-state index in [1.54, 1.807) is 0 Å². The zero-order valence-electron chi connectivity index (χ0n) is 8.79. The molecule has 3 N–H and O–H groups in total. The van der Waals surface area contributed by atoms with E-state index >= 15 is 0 Å². The Kier molecular flexibility index (Phi) is 2.76. The van der Waals surface area contributed by atoms with Gasteiger partial charge in [-0.1, -0.05) is 13.3 Å². The van der Waals surface area contributed by atoms with E-state index in [4.69, 9.17) is 10.5 Å². The van der Waals surface area contributed by atoms with Gasteiger partial charge in [0, 0.05) is 11.5 Å². The smallest absolute Gasteiger partial charge is 0.153 e. The van der Waals surface area contributed by atoms with Gasteiger partial charge in [0.15, 0.2) is 5.82 Å². The van der Waals surface area contributed by atoms with Crippen LogP contribution in [0.2, 0.25) is 0 Å². The number of unbranched alkanes of at least 4 members (excludes halogenated alkanes) is 1. The highest BCUT2D eigenvalue weighted by molar-refractivity contribution is 5.89. The van der Waals surface area contributed by atoms with E-state index in [-0.39, 0.29) is 0 Å². The Bertz CT molecular complexity index is 450. The maximum absolute atomic E-state index is 5.66. The lowest BCUT2D eigenvalue weighted by molar-refractivity contribution is 0.310. The highest BCUT2D eigenvalue weighted by Gasteiger charge is 2.02. The number of hydrogen-bond donors (Lipinski definition) is 2. The van der Waals surface area contributed by atoms with Crippen LogP contribution in [0.25, 0.3) is 10.9 Å². The summed E-state index contributed by atoms with van der Waals surface area (Å²) >= 11 is 0. The molecule has 0 radical (unpaired) electrons. The van der Waals surface area contributed by atoms with Gasteiger partial charge in [-0.05, 0) is 18.6 Å². The van der Waals surface area contributed by atoms with Crippen LogP contribution in [0.4, 0.5) is 5.82 Å². The topological polar surface area (TPSA) is 63.9 Å². The molecule has 1 aromatic heterocycles. The van der Waals surface area contributed by atoms with Gasteiger partial charge < -0.3 is 10.5 Å². The van der Waals surface area contributed by atoms with Gasteiger partial charge in [-0.25, -0.2) is 0 Å². The number of rotatable bonds is 4. The van der Waals surface area contributed by atoms with Gasteiger partial charge in [0.1, 0.15) is 5.75 Å². The van der Waals surface area contributed by atoms with Crippen molar-refractivity contribution in [1.29, 1.82) is 0 Å². The van der Waals surface area contributed by atoms with Crippen LogP contribution in [0, 0.1) is 0 Å². The van der Waals surface area contributed by atoms with Gasteiger partial charge in [-0.15, -0.1) is 0 Å². The molecular weight excluding hydrogens is 190 g/mol. The first kappa shape index (κ1) is 9.83. The average Bonchev–Trinajstić information content (AvgIpc) is 2.61. The van der Waals surface area contributed by atoms with Crippen molar-refractivity contribution in [2.75, 3.05) is 12.3 Å². The minimum absolute atomic E-state index is 0.533. The van der Waals surface area contributed by atoms with Crippen molar-refractivity contribution >= 4 is 16.7 Å². The monoisotopic (exact) mass is 205 g/mol. The molecule has 0 unspecified atom stereocenters. The number of anilines is 1. The van der Waals surface area contributed by atoms with Crippen LogP contribution in [0.15, 0.2) is 18.2 Å². The van der Waals surface area contributed by atoms with Crippen LogP contribution in [0.1, 0.15) is 19.8 Å². The molecule has 0 bridgehead atoms. The lowest BCUT2D eigenvalue weighted by Crippen LogP contribution is -1.95. The summed E-state index contributed by atoms with van der Waals surface area (Å²) in [4.78, 5) is 0. The first-order valence-corrected chi connectivity index (χ1v) is 5.17. The highest BCUT2D eigenvalue weighted by atomic mass is 16.5. The summed E-state index contributed by atoms with van der Waals surface area (Å²) in [5, 5.41) is 7.74. The molecular formula is C11H15N3O. The number of aromatic amines is 1. The van der Waals surface area contributed by atoms with Crippen molar-refractivity contribution in [2.45, 2.75) is 19.8 Å². The highest BCUT2D eigenvalue weighted by Crippen LogP contribution is 2.22. The Morgan fingerprint density at radius 1 is 1.47 bits per heavy atom. The molecule has 0 atom stereocenters. The summed E-state index contributed by atoms with van der Waals surface area (Å²) in [6.45, 7) is 2.90. The van der Waals surface area contributed by atoms with Gasteiger partial charge in [0.2, 0.25) is 0 Å². The Labute approximate surface area is 88.4 Å². The Morgan fingerprint density at radius 3 is 3.13 bits per heavy atom. The quantitative estimate of drug-likeness (QED) is 0.753. The summed E-state index contributed by atoms with van der Waals surface area (Å²) < 4.78 is 5.58. The number of nitrogens with one attached hydrogen (secondary N) is 1. The number of H-pyrrole nitrogens is 1. The van der Waals surface area contributed by atoms with Gasteiger partial charge in [-0.3, -0.25) is 5.10 Å². The third-order valence-electron chi connectivity index (χ3n) is 2.33. The van der Waals surface area contributed by atoms with Crippen molar-refractivity contribution < 1.29 is 4.74 Å². The van der Waals surface area contributed by atoms with E-state index < -0.39 is 0 Å². The van der Waals surface area contributed by atoms with Gasteiger partial charge in [0.05, 0.1) is 12.1 Å². The molecule has 2 rings (SSSR count). The number of aromatic nitrogens is 2. The van der Waals surface area contributed by atoms with E-state index in [2.05, 4.69) is 17.1 Å². The van der Waals surface area contributed by atoms with Gasteiger partial charge in [0.25, 0.3) is 0 Å². The molecule has 80 valence electrons. The number of nitrogens with two attached hydrogens (primary N) is 1. The van der Waals surface area contributed by atoms with Crippen LogP contribution in [0.5, 0.6) is 5.75 Å². The maximum atomic E-state index is 5.66. The fraction of sp³-hybridized carbons (Fsp3) is 0.364. The zero-order chi connectivity index (χ0) is 10.7. The predicted molar refractivity (Wildman–Crippen MR) is 60.9 cm³/mol. The number of ether oxygens (including phenoxy) is 1. The Morgan fingerprint density at radius 2 is 2.33 bits per heavy atom. The summed E-state index contributed by atoms with van der Waals surface area (Å²) in [6, 6.07) is 5.77. The number of hydrogen-bond acceptors (Lipinski definition) is 3. The molecule has 4 heteroatoms. The van der Waals surface area contributed by atoms with E-state index in [1.165, 1.54) is 0 Å². The van der Waals surface area contributed by atoms with Crippen LogP contribution < -0.4 is 10.5 Å². The van der Waals surface area contributed by atoms with E-state index in [9.17, 15) is 0 Å². The minimum Gasteiger partial charge on any atom is -0.494 e. The number of nitrogens with zero attached hydrogens (tertiary/aromatic N) is 1. The van der Waals surface area contributed by atoms with E-state index in [0.717, 1.165) is 36.1 Å².